The predicted molar refractivity (Wildman–Crippen MR) is 67.7 cm³/mol. The molecule has 0 heterocycles. The first-order chi connectivity index (χ1) is 7.24. The zero-order valence-corrected chi connectivity index (χ0v) is 11.6. The summed E-state index contributed by atoms with van der Waals surface area (Å²) >= 11 is 0. The molecule has 0 amide bonds. The minimum absolute atomic E-state index is 0.132. The van der Waals surface area contributed by atoms with E-state index in [2.05, 4.69) is 19.1 Å². The molecule has 0 aliphatic carbocycles. The van der Waals surface area contributed by atoms with Crippen LogP contribution in [0.4, 0.5) is 4.39 Å². The lowest BCUT2D eigenvalue weighted by Gasteiger charge is -2.04. The highest BCUT2D eigenvalue weighted by molar-refractivity contribution is 6.22. The fraction of sp³-hybridized carbons (Fsp3) is 0.385. The zero-order valence-electron chi connectivity index (χ0n) is 9.59. The molecule has 82 valence electrons. The molecule has 15 heavy (non-hydrogen) atoms. The second-order valence-corrected chi connectivity index (χ2v) is 5.16. The maximum absolute atomic E-state index is 13.6. The van der Waals surface area contributed by atoms with Crippen LogP contribution in [0.25, 0.3) is 0 Å². The molecular weight excluding hydrogens is 203 g/mol. The average molecular weight is 222 g/mol. The van der Waals surface area contributed by atoms with Gasteiger partial charge in [-0.3, -0.25) is 0 Å². The van der Waals surface area contributed by atoms with Gasteiger partial charge in [0, 0.05) is 10.2 Å². The third-order valence-corrected chi connectivity index (χ3v) is 3.42. The molecule has 0 aromatic heterocycles. The summed E-state index contributed by atoms with van der Waals surface area (Å²) in [6, 6.07) is 10.1. The molecule has 1 aromatic carbocycles. The first-order valence-electron chi connectivity index (χ1n) is 5.62. The Morgan fingerprint density at radius 2 is 1.93 bits per heavy atom. The van der Waals surface area contributed by atoms with Crippen molar-refractivity contribution in [2.24, 2.45) is 0 Å². The number of allylic oxidation sites excluding steroid dienone is 2. The summed E-state index contributed by atoms with van der Waals surface area (Å²) in [5.74, 6) is 0.132. The standard InChI is InChI=1S/C13H19FSi/c1-2-3-9-12(14)13(15)10-11-7-5-4-6-8-11/h4-8H,2-3,9-10H2,1,15H3. The van der Waals surface area contributed by atoms with Gasteiger partial charge < -0.3 is 0 Å². The van der Waals surface area contributed by atoms with E-state index in [4.69, 9.17) is 0 Å². The van der Waals surface area contributed by atoms with Gasteiger partial charge in [-0.1, -0.05) is 48.9 Å². The Balaban J connectivity index is 2.57. The minimum Gasteiger partial charge on any atom is -0.212 e. The summed E-state index contributed by atoms with van der Waals surface area (Å²) in [5, 5.41) is 1.01. The fourth-order valence-corrected chi connectivity index (χ4v) is 2.20. The summed E-state index contributed by atoms with van der Waals surface area (Å²) in [6.45, 7) is 2.09. The summed E-state index contributed by atoms with van der Waals surface area (Å²) in [4.78, 5) is 0. The molecule has 0 bridgehead atoms. The van der Waals surface area contributed by atoms with Crippen LogP contribution in [-0.2, 0) is 6.42 Å². The fourth-order valence-electron chi connectivity index (χ4n) is 1.54. The van der Waals surface area contributed by atoms with E-state index in [0.717, 1.165) is 34.7 Å². The first-order valence-corrected chi connectivity index (χ1v) is 6.62. The SMILES string of the molecule is CCCCC(F)=C([SiH3])Cc1ccccc1. The van der Waals surface area contributed by atoms with E-state index < -0.39 is 0 Å². The Morgan fingerprint density at radius 1 is 1.27 bits per heavy atom. The Morgan fingerprint density at radius 3 is 2.53 bits per heavy atom. The van der Waals surface area contributed by atoms with E-state index >= 15 is 0 Å². The van der Waals surface area contributed by atoms with Crippen molar-refractivity contribution in [2.75, 3.05) is 0 Å². The molecule has 1 aromatic rings. The number of hydrogen-bond donors (Lipinski definition) is 0. The molecule has 0 saturated heterocycles. The van der Waals surface area contributed by atoms with E-state index in [-0.39, 0.29) is 5.83 Å². The van der Waals surface area contributed by atoms with Gasteiger partial charge in [0.25, 0.3) is 0 Å². The van der Waals surface area contributed by atoms with Crippen molar-refractivity contribution in [3.63, 3.8) is 0 Å². The molecule has 0 radical (unpaired) electrons. The van der Waals surface area contributed by atoms with Crippen molar-refractivity contribution < 1.29 is 4.39 Å². The van der Waals surface area contributed by atoms with Crippen molar-refractivity contribution in [3.05, 3.63) is 46.9 Å². The minimum atomic E-state index is 0.132. The molecule has 0 aliphatic heterocycles. The van der Waals surface area contributed by atoms with Crippen LogP contribution < -0.4 is 0 Å². The largest absolute Gasteiger partial charge is 0.212 e. The van der Waals surface area contributed by atoms with Crippen LogP contribution in [0.5, 0.6) is 0 Å². The molecule has 0 saturated carbocycles. The number of rotatable bonds is 5. The quantitative estimate of drug-likeness (QED) is 0.672. The second kappa shape index (κ2) is 6.56. The molecule has 0 nitrogen and oxygen atoms in total. The van der Waals surface area contributed by atoms with Gasteiger partial charge in [0.05, 0.1) is 5.83 Å². The lowest BCUT2D eigenvalue weighted by atomic mass is 10.1. The van der Waals surface area contributed by atoms with Crippen LogP contribution >= 0.6 is 0 Å². The van der Waals surface area contributed by atoms with E-state index in [1.54, 1.807) is 0 Å². The van der Waals surface area contributed by atoms with E-state index in [1.807, 2.05) is 18.2 Å². The van der Waals surface area contributed by atoms with Gasteiger partial charge in [0.2, 0.25) is 0 Å². The van der Waals surface area contributed by atoms with Crippen LogP contribution in [0.15, 0.2) is 41.4 Å². The molecule has 2 heteroatoms. The Labute approximate surface area is 94.6 Å². The Bertz CT molecular complexity index is 317. The van der Waals surface area contributed by atoms with Gasteiger partial charge in [-0.15, -0.1) is 0 Å². The monoisotopic (exact) mass is 222 g/mol. The number of hydrogen-bond acceptors (Lipinski definition) is 0. The third-order valence-electron chi connectivity index (χ3n) is 2.53. The molecule has 0 unspecified atom stereocenters. The topological polar surface area (TPSA) is 0 Å². The lowest BCUT2D eigenvalue weighted by molar-refractivity contribution is 0.563. The zero-order chi connectivity index (χ0) is 11.1. The number of halogens is 1. The summed E-state index contributed by atoms with van der Waals surface area (Å²) in [5.41, 5.74) is 1.22. The highest BCUT2D eigenvalue weighted by Gasteiger charge is 2.02. The van der Waals surface area contributed by atoms with Gasteiger partial charge in [0.1, 0.15) is 0 Å². The summed E-state index contributed by atoms with van der Waals surface area (Å²) in [6.07, 6.45) is 3.45. The molecule has 0 N–H and O–H groups in total. The van der Waals surface area contributed by atoms with E-state index in [0.29, 0.717) is 6.42 Å². The maximum Gasteiger partial charge on any atom is 0.0946 e. The van der Waals surface area contributed by atoms with Crippen molar-refractivity contribution in [1.82, 2.24) is 0 Å². The molecular formula is C13H19FSi. The number of unbranched alkanes of at least 4 members (excludes halogenated alkanes) is 1. The first kappa shape index (κ1) is 12.2. The molecule has 1 rings (SSSR count). The van der Waals surface area contributed by atoms with Crippen molar-refractivity contribution in [1.29, 1.82) is 0 Å². The van der Waals surface area contributed by atoms with Gasteiger partial charge in [-0.25, -0.2) is 4.39 Å². The van der Waals surface area contributed by atoms with Crippen LogP contribution in [0.1, 0.15) is 31.7 Å². The Kier molecular flexibility index (Phi) is 5.33. The molecule has 0 spiro atoms. The molecule has 0 atom stereocenters. The van der Waals surface area contributed by atoms with Gasteiger partial charge in [0.15, 0.2) is 0 Å². The predicted octanol–water partition coefficient (Wildman–Crippen LogP) is 2.97. The normalized spacial score (nSPS) is 12.7. The van der Waals surface area contributed by atoms with Crippen molar-refractivity contribution in [2.45, 2.75) is 32.6 Å². The highest BCUT2D eigenvalue weighted by Crippen LogP contribution is 2.15. The summed E-state index contributed by atoms with van der Waals surface area (Å²) < 4.78 is 13.6. The summed E-state index contributed by atoms with van der Waals surface area (Å²) in [7, 11) is 0.829. The van der Waals surface area contributed by atoms with Gasteiger partial charge in [-0.05, 0) is 24.8 Å². The highest BCUT2D eigenvalue weighted by atomic mass is 28.1. The van der Waals surface area contributed by atoms with E-state index in [1.165, 1.54) is 5.56 Å². The third kappa shape index (κ3) is 4.43. The van der Waals surface area contributed by atoms with Crippen LogP contribution in [0.2, 0.25) is 0 Å². The second-order valence-electron chi connectivity index (χ2n) is 3.95. The molecule has 0 aliphatic rings. The Hall–Kier alpha value is -0.893. The van der Waals surface area contributed by atoms with Gasteiger partial charge in [-0.2, -0.15) is 0 Å². The van der Waals surface area contributed by atoms with Crippen LogP contribution in [0.3, 0.4) is 0 Å². The average Bonchev–Trinajstić information content (AvgIpc) is 2.27. The maximum atomic E-state index is 13.6. The smallest absolute Gasteiger partial charge is 0.0946 e. The number of benzene rings is 1. The molecule has 0 fully saturated rings. The van der Waals surface area contributed by atoms with E-state index in [9.17, 15) is 4.39 Å². The van der Waals surface area contributed by atoms with Crippen LogP contribution in [-0.4, -0.2) is 10.2 Å². The van der Waals surface area contributed by atoms with Crippen LogP contribution in [0, 0.1) is 0 Å². The van der Waals surface area contributed by atoms with Crippen molar-refractivity contribution in [3.8, 4) is 0 Å². The lowest BCUT2D eigenvalue weighted by Crippen LogP contribution is -1.93. The van der Waals surface area contributed by atoms with Crippen molar-refractivity contribution >= 4 is 10.2 Å². The van der Waals surface area contributed by atoms with Gasteiger partial charge >= 0.3 is 0 Å².